The van der Waals surface area contributed by atoms with Gasteiger partial charge in [-0.3, -0.25) is 9.89 Å². The molecule has 0 spiro atoms. The maximum Gasteiger partial charge on any atom is 0.273 e. The number of unbranched alkanes of at least 4 members (excludes halogenated alkanes) is 2. The number of carbonyl (C=O) groups is 1. The molecule has 1 atom stereocenters. The molecule has 0 saturated heterocycles. The van der Waals surface area contributed by atoms with Crippen molar-refractivity contribution in [1.29, 1.82) is 0 Å². The van der Waals surface area contributed by atoms with Crippen LogP contribution in [0.5, 0.6) is 11.5 Å². The number of benzene rings is 2. The summed E-state index contributed by atoms with van der Waals surface area (Å²) in [6.07, 6.45) is 4.16. The number of H-pyrrole nitrogens is 1. The van der Waals surface area contributed by atoms with Crippen molar-refractivity contribution in [3.63, 3.8) is 0 Å². The molecule has 2 aromatic carbocycles. The van der Waals surface area contributed by atoms with Crippen molar-refractivity contribution in [2.45, 2.75) is 45.6 Å². The monoisotopic (exact) mass is 419 g/mol. The van der Waals surface area contributed by atoms with E-state index in [-0.39, 0.29) is 17.7 Å². The number of aromatic amines is 1. The number of hydrogen-bond donors (Lipinski definition) is 2. The van der Waals surface area contributed by atoms with Gasteiger partial charge >= 0.3 is 0 Å². The Balaban J connectivity index is 1.75. The second-order valence-corrected chi connectivity index (χ2v) is 7.91. The summed E-state index contributed by atoms with van der Waals surface area (Å²) >= 11 is 0. The first-order valence-corrected chi connectivity index (χ1v) is 11.1. The normalized spacial score (nSPS) is 15.4. The minimum atomic E-state index is -0.282. The van der Waals surface area contributed by atoms with E-state index >= 15 is 0 Å². The summed E-state index contributed by atoms with van der Waals surface area (Å²) in [6.45, 7) is 5.55. The van der Waals surface area contributed by atoms with Crippen LogP contribution in [0.15, 0.2) is 48.5 Å². The van der Waals surface area contributed by atoms with Gasteiger partial charge in [0.1, 0.15) is 22.9 Å². The quantitative estimate of drug-likeness (QED) is 0.461. The van der Waals surface area contributed by atoms with Gasteiger partial charge in [0.2, 0.25) is 0 Å². The number of para-hydroxylation sites is 1. The van der Waals surface area contributed by atoms with E-state index in [1.807, 2.05) is 41.3 Å². The van der Waals surface area contributed by atoms with Crippen LogP contribution in [0.2, 0.25) is 0 Å². The van der Waals surface area contributed by atoms with E-state index in [1.54, 1.807) is 12.1 Å². The largest absolute Gasteiger partial charge is 0.507 e. The highest BCUT2D eigenvalue weighted by Gasteiger charge is 2.42. The van der Waals surface area contributed by atoms with Gasteiger partial charge in [-0.1, -0.05) is 51.0 Å². The lowest BCUT2D eigenvalue weighted by atomic mass is 9.95. The number of amides is 1. The average molecular weight is 420 g/mol. The Bertz CT molecular complexity index is 1060. The molecule has 162 valence electrons. The molecule has 4 rings (SSSR count). The van der Waals surface area contributed by atoms with Crippen LogP contribution in [0.3, 0.4) is 0 Å². The Morgan fingerprint density at radius 3 is 2.71 bits per heavy atom. The zero-order chi connectivity index (χ0) is 21.8. The Morgan fingerprint density at radius 2 is 1.94 bits per heavy atom. The van der Waals surface area contributed by atoms with Crippen LogP contribution >= 0.6 is 0 Å². The molecule has 3 aromatic rings. The number of nitrogens with zero attached hydrogens (tertiary/aromatic N) is 2. The van der Waals surface area contributed by atoms with Gasteiger partial charge in [-0.25, -0.2) is 0 Å². The van der Waals surface area contributed by atoms with Gasteiger partial charge in [0, 0.05) is 17.7 Å². The number of hydrogen-bond acceptors (Lipinski definition) is 4. The number of carbonyl (C=O) groups excluding carboxylic acids is 1. The molecule has 0 saturated carbocycles. The lowest BCUT2D eigenvalue weighted by Gasteiger charge is -2.26. The SMILES string of the molecule is CCCCCOc1cccc([C@H]2c3c(-c4ccccc4O)n[nH]c3C(=O)N2CCC)c1. The first-order valence-electron chi connectivity index (χ1n) is 11.1. The van der Waals surface area contributed by atoms with Gasteiger partial charge in [-0.15, -0.1) is 0 Å². The summed E-state index contributed by atoms with van der Waals surface area (Å²) in [5.74, 6) is 0.883. The number of nitrogens with one attached hydrogen (secondary N) is 1. The zero-order valence-electron chi connectivity index (χ0n) is 18.1. The van der Waals surface area contributed by atoms with Crippen LogP contribution in [-0.4, -0.2) is 39.3 Å². The number of rotatable bonds is 9. The van der Waals surface area contributed by atoms with E-state index in [1.165, 1.54) is 0 Å². The molecule has 2 heterocycles. The number of aromatic nitrogens is 2. The highest BCUT2D eigenvalue weighted by molar-refractivity contribution is 6.00. The number of aromatic hydroxyl groups is 1. The Labute approximate surface area is 182 Å². The first kappa shape index (κ1) is 21.0. The average Bonchev–Trinajstić information content (AvgIpc) is 3.31. The minimum Gasteiger partial charge on any atom is -0.507 e. The fourth-order valence-electron chi connectivity index (χ4n) is 4.21. The van der Waals surface area contributed by atoms with Crippen LogP contribution in [0, 0.1) is 0 Å². The molecule has 2 N–H and O–H groups in total. The van der Waals surface area contributed by atoms with Crippen LogP contribution in [0.4, 0.5) is 0 Å². The molecule has 1 aliphatic heterocycles. The summed E-state index contributed by atoms with van der Waals surface area (Å²) in [6, 6.07) is 14.8. The van der Waals surface area contributed by atoms with E-state index < -0.39 is 0 Å². The van der Waals surface area contributed by atoms with E-state index in [2.05, 4.69) is 24.0 Å². The Morgan fingerprint density at radius 1 is 1.10 bits per heavy atom. The predicted molar refractivity (Wildman–Crippen MR) is 120 cm³/mol. The second-order valence-electron chi connectivity index (χ2n) is 7.91. The van der Waals surface area contributed by atoms with Crippen molar-refractivity contribution in [2.24, 2.45) is 0 Å². The smallest absolute Gasteiger partial charge is 0.273 e. The topological polar surface area (TPSA) is 78.5 Å². The summed E-state index contributed by atoms with van der Waals surface area (Å²) in [5, 5.41) is 17.8. The van der Waals surface area contributed by atoms with E-state index in [0.29, 0.717) is 30.1 Å². The molecule has 6 nitrogen and oxygen atoms in total. The maximum absolute atomic E-state index is 13.2. The molecular formula is C25H29N3O3. The van der Waals surface area contributed by atoms with Crippen molar-refractivity contribution in [3.05, 3.63) is 65.4 Å². The summed E-state index contributed by atoms with van der Waals surface area (Å²) in [4.78, 5) is 15.1. The van der Waals surface area contributed by atoms with Crippen molar-refractivity contribution >= 4 is 5.91 Å². The zero-order valence-corrected chi connectivity index (χ0v) is 18.1. The molecule has 0 aliphatic carbocycles. The fourth-order valence-corrected chi connectivity index (χ4v) is 4.21. The lowest BCUT2D eigenvalue weighted by Crippen LogP contribution is -2.30. The summed E-state index contributed by atoms with van der Waals surface area (Å²) in [7, 11) is 0. The van der Waals surface area contributed by atoms with Crippen molar-refractivity contribution in [1.82, 2.24) is 15.1 Å². The third kappa shape index (κ3) is 4.02. The van der Waals surface area contributed by atoms with E-state index in [0.717, 1.165) is 42.6 Å². The number of phenolic OH excluding ortho intramolecular Hbond substituents is 1. The minimum absolute atomic E-state index is 0.0645. The lowest BCUT2D eigenvalue weighted by molar-refractivity contribution is 0.0743. The molecule has 31 heavy (non-hydrogen) atoms. The fraction of sp³-hybridized carbons (Fsp3) is 0.360. The van der Waals surface area contributed by atoms with Crippen molar-refractivity contribution in [3.8, 4) is 22.8 Å². The third-order valence-corrected chi connectivity index (χ3v) is 5.68. The van der Waals surface area contributed by atoms with Crippen LogP contribution in [0.25, 0.3) is 11.3 Å². The number of phenols is 1. The standard InChI is InChI=1S/C25H29N3O3/c1-3-5-8-15-31-18-11-9-10-17(16-18)24-21-22(19-12-6-7-13-20(19)29)26-27-23(21)25(30)28(24)14-4-2/h6-7,9-13,16,24,29H,3-5,8,14-15H2,1-2H3,(H,26,27)/t24-/m0/s1. The molecule has 0 bridgehead atoms. The molecule has 1 amide bonds. The van der Waals surface area contributed by atoms with Crippen molar-refractivity contribution < 1.29 is 14.6 Å². The Kier molecular flexibility index (Phi) is 6.26. The number of fused-ring (bicyclic) bond motifs is 1. The molecular weight excluding hydrogens is 390 g/mol. The van der Waals surface area contributed by atoms with Gasteiger partial charge in [0.15, 0.2) is 0 Å². The second kappa shape index (κ2) is 9.25. The highest BCUT2D eigenvalue weighted by atomic mass is 16.5. The molecule has 0 unspecified atom stereocenters. The highest BCUT2D eigenvalue weighted by Crippen LogP contribution is 2.44. The van der Waals surface area contributed by atoms with E-state index in [4.69, 9.17) is 4.74 Å². The van der Waals surface area contributed by atoms with Crippen molar-refractivity contribution in [2.75, 3.05) is 13.2 Å². The summed E-state index contributed by atoms with van der Waals surface area (Å²) in [5.41, 5.74) is 3.50. The number of ether oxygens (including phenoxy) is 1. The maximum atomic E-state index is 13.2. The van der Waals surface area contributed by atoms with Gasteiger partial charge in [0.25, 0.3) is 5.91 Å². The van der Waals surface area contributed by atoms with Crippen LogP contribution in [-0.2, 0) is 0 Å². The summed E-state index contributed by atoms with van der Waals surface area (Å²) < 4.78 is 5.97. The molecule has 1 aromatic heterocycles. The van der Waals surface area contributed by atoms with E-state index in [9.17, 15) is 9.90 Å². The molecule has 0 fully saturated rings. The third-order valence-electron chi connectivity index (χ3n) is 5.68. The molecule has 6 heteroatoms. The van der Waals surface area contributed by atoms with Crippen LogP contribution < -0.4 is 4.74 Å². The van der Waals surface area contributed by atoms with Crippen LogP contribution in [0.1, 0.15) is 67.2 Å². The van der Waals surface area contributed by atoms with Gasteiger partial charge in [-0.05, 0) is 42.7 Å². The van der Waals surface area contributed by atoms with Gasteiger partial charge in [0.05, 0.1) is 12.6 Å². The molecule has 0 radical (unpaired) electrons. The molecule has 1 aliphatic rings. The van der Waals surface area contributed by atoms with Gasteiger partial charge in [-0.2, -0.15) is 5.10 Å². The van der Waals surface area contributed by atoms with Gasteiger partial charge < -0.3 is 14.7 Å². The predicted octanol–water partition coefficient (Wildman–Crippen LogP) is 5.31. The first-order chi connectivity index (χ1) is 15.2. The Hall–Kier alpha value is -3.28.